The van der Waals surface area contributed by atoms with Crippen molar-refractivity contribution in [2.75, 3.05) is 24.3 Å². The lowest BCUT2D eigenvalue weighted by molar-refractivity contribution is -0.138. The molecule has 0 atom stereocenters. The summed E-state index contributed by atoms with van der Waals surface area (Å²) >= 11 is 0.629. The first-order valence-electron chi connectivity index (χ1n) is 8.79. The number of ether oxygens (including phenoxy) is 2. The van der Waals surface area contributed by atoms with Crippen LogP contribution in [0.5, 0.6) is 11.5 Å². The molecule has 1 aromatic heterocycles. The number of nitriles is 1. The number of carbonyl (C=O) groups is 2. The van der Waals surface area contributed by atoms with Gasteiger partial charge < -0.3 is 14.8 Å². The van der Waals surface area contributed by atoms with Gasteiger partial charge >= 0.3 is 12.2 Å². The second-order valence-corrected chi connectivity index (χ2v) is 7.21. The van der Waals surface area contributed by atoms with Gasteiger partial charge in [0.25, 0.3) is 0 Å². The molecular formula is C19H15F3N4O4S. The van der Waals surface area contributed by atoms with Gasteiger partial charge in [-0.2, -0.15) is 18.4 Å². The average molecular weight is 452 g/mol. The Kier molecular flexibility index (Phi) is 6.55. The first-order valence-corrected chi connectivity index (χ1v) is 9.78. The van der Waals surface area contributed by atoms with Gasteiger partial charge in [-0.3, -0.25) is 10.1 Å². The Morgan fingerprint density at radius 3 is 2.61 bits per heavy atom. The van der Waals surface area contributed by atoms with Crippen LogP contribution < -0.4 is 20.1 Å². The molecule has 0 saturated carbocycles. The van der Waals surface area contributed by atoms with Crippen molar-refractivity contribution >= 4 is 29.4 Å². The van der Waals surface area contributed by atoms with E-state index >= 15 is 0 Å². The zero-order valence-corrected chi connectivity index (χ0v) is 16.8. The van der Waals surface area contributed by atoms with Crippen molar-refractivity contribution in [3.8, 4) is 17.6 Å². The van der Waals surface area contributed by atoms with Crippen LogP contribution in [0.1, 0.15) is 16.8 Å². The van der Waals surface area contributed by atoms with Crippen LogP contribution in [-0.2, 0) is 11.0 Å². The molecule has 3 rings (SSSR count). The van der Waals surface area contributed by atoms with Crippen molar-refractivity contribution in [3.05, 3.63) is 41.1 Å². The number of aryl methyl sites for hydroxylation is 1. The minimum Gasteiger partial charge on any atom is -0.486 e. The fourth-order valence-electron chi connectivity index (χ4n) is 2.66. The quantitative estimate of drug-likeness (QED) is 0.683. The number of fused-ring (bicyclic) bond motifs is 1. The molecule has 0 fully saturated rings. The smallest absolute Gasteiger partial charge is 0.417 e. The van der Waals surface area contributed by atoms with Crippen LogP contribution in [0.15, 0.2) is 29.3 Å². The van der Waals surface area contributed by atoms with E-state index in [0.717, 1.165) is 6.07 Å². The third kappa shape index (κ3) is 5.58. The number of pyridine rings is 1. The average Bonchev–Trinajstić information content (AvgIpc) is 2.71. The number of hydrogen-bond donors (Lipinski definition) is 2. The number of anilines is 1. The molecule has 2 N–H and O–H groups in total. The summed E-state index contributed by atoms with van der Waals surface area (Å²) in [7, 11) is 0. The molecule has 0 bridgehead atoms. The van der Waals surface area contributed by atoms with E-state index in [9.17, 15) is 22.8 Å². The fourth-order valence-corrected chi connectivity index (χ4v) is 3.51. The molecular weight excluding hydrogens is 437 g/mol. The topological polar surface area (TPSA) is 113 Å². The molecule has 2 heterocycles. The number of nitrogens with one attached hydrogen (secondary N) is 2. The Labute approximate surface area is 178 Å². The normalized spacial score (nSPS) is 12.6. The molecule has 12 heteroatoms. The molecule has 1 aliphatic heterocycles. The van der Waals surface area contributed by atoms with Crippen LogP contribution in [0.2, 0.25) is 0 Å². The Hall–Kier alpha value is -3.46. The van der Waals surface area contributed by atoms with Gasteiger partial charge in [0.1, 0.15) is 24.3 Å². The standard InChI is InChI=1S/C19H15F3N4O4S/c1-10-6-13(19(20,21)22)12(8-23)17(24-10)31-9-16(27)26-18(28)25-11-2-3-14-15(7-11)30-5-4-29-14/h2-3,6-7H,4-5,9H2,1H3,(H2,25,26,27,28). The van der Waals surface area contributed by atoms with E-state index in [-0.39, 0.29) is 10.7 Å². The lowest BCUT2D eigenvalue weighted by Crippen LogP contribution is -2.35. The molecule has 0 spiro atoms. The number of hydrogen-bond acceptors (Lipinski definition) is 7. The third-order valence-corrected chi connectivity index (χ3v) is 4.90. The van der Waals surface area contributed by atoms with Crippen molar-refractivity contribution in [1.29, 1.82) is 5.26 Å². The van der Waals surface area contributed by atoms with E-state index in [0.29, 0.717) is 42.2 Å². The summed E-state index contributed by atoms with van der Waals surface area (Å²) in [5.41, 5.74) is -1.40. The number of aromatic nitrogens is 1. The molecule has 0 radical (unpaired) electrons. The van der Waals surface area contributed by atoms with Crippen LogP contribution in [0, 0.1) is 18.3 Å². The Morgan fingerprint density at radius 2 is 1.94 bits per heavy atom. The van der Waals surface area contributed by atoms with E-state index in [1.54, 1.807) is 12.1 Å². The molecule has 0 unspecified atom stereocenters. The molecule has 2 aromatic rings. The highest BCUT2D eigenvalue weighted by atomic mass is 32.2. The van der Waals surface area contributed by atoms with Crippen molar-refractivity contribution in [1.82, 2.24) is 10.3 Å². The van der Waals surface area contributed by atoms with Crippen molar-refractivity contribution < 1.29 is 32.2 Å². The lowest BCUT2D eigenvalue weighted by Gasteiger charge is -2.19. The number of imide groups is 1. The summed E-state index contributed by atoms with van der Waals surface area (Å²) in [6.07, 6.45) is -4.74. The van der Waals surface area contributed by atoms with Gasteiger partial charge in [0.2, 0.25) is 5.91 Å². The maximum atomic E-state index is 13.1. The maximum absolute atomic E-state index is 13.1. The maximum Gasteiger partial charge on any atom is 0.417 e. The molecule has 0 saturated heterocycles. The van der Waals surface area contributed by atoms with Crippen LogP contribution in [0.25, 0.3) is 0 Å². The Morgan fingerprint density at radius 1 is 1.23 bits per heavy atom. The van der Waals surface area contributed by atoms with Gasteiger partial charge in [-0.1, -0.05) is 11.8 Å². The molecule has 0 aliphatic carbocycles. The molecule has 8 nitrogen and oxygen atoms in total. The largest absolute Gasteiger partial charge is 0.486 e. The lowest BCUT2D eigenvalue weighted by atomic mass is 10.1. The highest BCUT2D eigenvalue weighted by Gasteiger charge is 2.35. The predicted octanol–water partition coefficient (Wildman–Crippen LogP) is 3.49. The summed E-state index contributed by atoms with van der Waals surface area (Å²) in [5, 5.41) is 13.4. The third-order valence-electron chi connectivity index (χ3n) is 3.92. The molecule has 31 heavy (non-hydrogen) atoms. The number of nitrogens with zero attached hydrogens (tertiary/aromatic N) is 2. The summed E-state index contributed by atoms with van der Waals surface area (Å²) < 4.78 is 50.2. The van der Waals surface area contributed by atoms with Gasteiger partial charge in [-0.25, -0.2) is 9.78 Å². The van der Waals surface area contributed by atoms with Gasteiger partial charge in [0, 0.05) is 17.4 Å². The van der Waals surface area contributed by atoms with E-state index < -0.39 is 35.0 Å². The Balaban J connectivity index is 1.61. The highest BCUT2D eigenvalue weighted by Crippen LogP contribution is 2.36. The summed E-state index contributed by atoms with van der Waals surface area (Å²) in [6, 6.07) is 6.10. The SMILES string of the molecule is Cc1cc(C(F)(F)F)c(C#N)c(SCC(=O)NC(=O)Nc2ccc3c(c2)OCCO3)n1. The van der Waals surface area contributed by atoms with Crippen molar-refractivity contribution in [3.63, 3.8) is 0 Å². The minimum absolute atomic E-state index is 0.0468. The summed E-state index contributed by atoms with van der Waals surface area (Å²) in [5.74, 6) is -0.222. The molecule has 162 valence electrons. The number of benzene rings is 1. The predicted molar refractivity (Wildman–Crippen MR) is 104 cm³/mol. The number of rotatable bonds is 4. The van der Waals surface area contributed by atoms with Gasteiger partial charge in [-0.15, -0.1) is 0 Å². The first-order chi connectivity index (χ1) is 14.7. The summed E-state index contributed by atoms with van der Waals surface area (Å²) in [4.78, 5) is 28.0. The van der Waals surface area contributed by atoms with E-state index in [1.807, 2.05) is 0 Å². The van der Waals surface area contributed by atoms with Crippen LogP contribution in [0.3, 0.4) is 0 Å². The van der Waals surface area contributed by atoms with Gasteiger partial charge in [-0.05, 0) is 25.1 Å². The Bertz CT molecular complexity index is 1070. The summed E-state index contributed by atoms with van der Waals surface area (Å²) in [6.45, 7) is 2.13. The minimum atomic E-state index is -4.74. The number of thioether (sulfide) groups is 1. The monoisotopic (exact) mass is 452 g/mol. The number of amides is 3. The van der Waals surface area contributed by atoms with Gasteiger partial charge in [0.15, 0.2) is 11.5 Å². The molecule has 1 aliphatic rings. The second kappa shape index (κ2) is 9.13. The van der Waals surface area contributed by atoms with E-state index in [2.05, 4.69) is 15.6 Å². The van der Waals surface area contributed by atoms with Crippen molar-refractivity contribution in [2.45, 2.75) is 18.1 Å². The number of carbonyl (C=O) groups excluding carboxylic acids is 2. The first kappa shape index (κ1) is 22.2. The van der Waals surface area contributed by atoms with Crippen molar-refractivity contribution in [2.24, 2.45) is 0 Å². The number of urea groups is 1. The zero-order chi connectivity index (χ0) is 22.6. The van der Waals surface area contributed by atoms with Crippen LogP contribution >= 0.6 is 11.8 Å². The van der Waals surface area contributed by atoms with Gasteiger partial charge in [0.05, 0.1) is 16.9 Å². The zero-order valence-electron chi connectivity index (χ0n) is 16.0. The fraction of sp³-hybridized carbons (Fsp3) is 0.263. The van der Waals surface area contributed by atoms with Crippen LogP contribution in [0.4, 0.5) is 23.7 Å². The van der Waals surface area contributed by atoms with E-state index in [1.165, 1.54) is 19.1 Å². The van der Waals surface area contributed by atoms with E-state index in [4.69, 9.17) is 14.7 Å². The molecule has 1 aromatic carbocycles. The number of alkyl halides is 3. The van der Waals surface area contributed by atoms with Crippen LogP contribution in [-0.4, -0.2) is 35.9 Å². The number of halogens is 3. The molecule has 3 amide bonds. The highest BCUT2D eigenvalue weighted by molar-refractivity contribution is 8.00. The second-order valence-electron chi connectivity index (χ2n) is 6.25.